The normalized spacial score (nSPS) is 13.8. The first-order valence-electron chi connectivity index (χ1n) is 8.36. The first-order chi connectivity index (χ1) is 12.0. The molecule has 0 saturated carbocycles. The maximum Gasteiger partial charge on any atom is 0.514 e. The third-order valence-corrected chi connectivity index (χ3v) is 4.88. The van der Waals surface area contributed by atoms with Gasteiger partial charge in [-0.3, -0.25) is 4.79 Å². The van der Waals surface area contributed by atoms with E-state index in [9.17, 15) is 9.59 Å². The van der Waals surface area contributed by atoms with Crippen molar-refractivity contribution in [3.05, 3.63) is 36.4 Å². The van der Waals surface area contributed by atoms with Crippen LogP contribution in [0, 0.1) is 0 Å². The van der Waals surface area contributed by atoms with Crippen LogP contribution < -0.4 is 9.47 Å². The fourth-order valence-electron chi connectivity index (χ4n) is 2.05. The molecule has 0 radical (unpaired) electrons. The molecule has 0 heterocycles. The molecule has 1 atom stereocenters. The number of hydrogen-bond donors (Lipinski definition) is 0. The number of fused-ring (bicyclic) bond motifs is 1. The van der Waals surface area contributed by atoms with Gasteiger partial charge in [0.05, 0.1) is 0 Å². The monoisotopic (exact) mass is 470 g/mol. The third-order valence-electron chi connectivity index (χ3n) is 3.67. The second-order valence-corrected chi connectivity index (χ2v) is 9.56. The molecule has 0 N–H and O–H groups in total. The van der Waals surface area contributed by atoms with Gasteiger partial charge in [-0.1, -0.05) is 41.6 Å². The topological polar surface area (TPSA) is 61.8 Å². The molecule has 6 heteroatoms. The molecule has 0 bridgehead atoms. The highest BCUT2D eigenvalue weighted by molar-refractivity contribution is 14.1. The highest BCUT2D eigenvalue weighted by atomic mass is 127. The molecule has 5 nitrogen and oxygen atoms in total. The lowest BCUT2D eigenvalue weighted by Gasteiger charge is -2.19. The van der Waals surface area contributed by atoms with Crippen LogP contribution in [0.1, 0.15) is 41.0 Å². The molecule has 0 aromatic heterocycles. The van der Waals surface area contributed by atoms with Crippen LogP contribution in [0.5, 0.6) is 11.5 Å². The van der Waals surface area contributed by atoms with Gasteiger partial charge in [0.1, 0.15) is 20.5 Å². The first-order valence-corrected chi connectivity index (χ1v) is 9.44. The van der Waals surface area contributed by atoms with Crippen molar-refractivity contribution >= 4 is 45.5 Å². The standard InChI is InChI=1S/C20H23IO5/c1-6-20(5,21)17(22)24-15-9-7-14-12-16(10-8-13(14)11-15)25-18(23)26-19(2,3)4/h7-12H,6H2,1-5H3. The Morgan fingerprint density at radius 3 is 1.88 bits per heavy atom. The van der Waals surface area contributed by atoms with E-state index in [-0.39, 0.29) is 5.97 Å². The van der Waals surface area contributed by atoms with E-state index in [1.807, 2.05) is 19.9 Å². The lowest BCUT2D eigenvalue weighted by molar-refractivity contribution is -0.136. The van der Waals surface area contributed by atoms with Crippen molar-refractivity contribution in [1.29, 1.82) is 0 Å². The van der Waals surface area contributed by atoms with Gasteiger partial charge >= 0.3 is 12.1 Å². The van der Waals surface area contributed by atoms with Crippen LogP contribution in [-0.4, -0.2) is 21.1 Å². The second-order valence-electron chi connectivity index (χ2n) is 7.18. The predicted molar refractivity (Wildman–Crippen MR) is 109 cm³/mol. The molecule has 0 saturated heterocycles. The number of rotatable bonds is 4. The summed E-state index contributed by atoms with van der Waals surface area (Å²) in [6, 6.07) is 10.5. The van der Waals surface area contributed by atoms with Crippen LogP contribution in [0.15, 0.2) is 36.4 Å². The number of ether oxygens (including phenoxy) is 3. The molecule has 1 unspecified atom stereocenters. The average Bonchev–Trinajstić information content (AvgIpc) is 2.53. The lowest BCUT2D eigenvalue weighted by atomic mass is 10.1. The van der Waals surface area contributed by atoms with Gasteiger partial charge < -0.3 is 14.2 Å². The second kappa shape index (κ2) is 7.82. The van der Waals surface area contributed by atoms with E-state index in [0.717, 1.165) is 10.8 Å². The largest absolute Gasteiger partial charge is 0.514 e. The summed E-state index contributed by atoms with van der Waals surface area (Å²) in [6.45, 7) is 9.11. The third kappa shape index (κ3) is 5.59. The van der Waals surface area contributed by atoms with E-state index in [4.69, 9.17) is 14.2 Å². The van der Waals surface area contributed by atoms with Crippen molar-refractivity contribution < 1.29 is 23.8 Å². The number of esters is 1. The molecule has 2 aromatic carbocycles. The quantitative estimate of drug-likeness (QED) is 0.190. The van der Waals surface area contributed by atoms with Gasteiger partial charge in [0.15, 0.2) is 0 Å². The van der Waals surface area contributed by atoms with Gasteiger partial charge in [0.2, 0.25) is 0 Å². The maximum atomic E-state index is 12.2. The summed E-state index contributed by atoms with van der Waals surface area (Å²) in [7, 11) is 0. The molecule has 2 aromatic rings. The Morgan fingerprint density at radius 1 is 0.923 bits per heavy atom. The molecule has 0 amide bonds. The van der Waals surface area contributed by atoms with Crippen molar-refractivity contribution in [3.8, 4) is 11.5 Å². The van der Waals surface area contributed by atoms with Gasteiger partial charge in [0, 0.05) is 0 Å². The fourth-order valence-corrected chi connectivity index (χ4v) is 2.16. The van der Waals surface area contributed by atoms with Crippen molar-refractivity contribution in [1.82, 2.24) is 0 Å². The minimum atomic E-state index is -0.747. The van der Waals surface area contributed by atoms with Crippen LogP contribution >= 0.6 is 22.6 Å². The number of hydrogen-bond acceptors (Lipinski definition) is 5. The first kappa shape index (κ1) is 20.5. The molecule has 0 spiro atoms. The number of carbonyl (C=O) groups is 2. The zero-order valence-corrected chi connectivity index (χ0v) is 17.7. The Balaban J connectivity index is 2.15. The van der Waals surface area contributed by atoms with Crippen LogP contribution in [0.4, 0.5) is 4.79 Å². The summed E-state index contributed by atoms with van der Waals surface area (Å²) in [5.74, 6) is 0.604. The van der Waals surface area contributed by atoms with Crippen LogP contribution in [0.2, 0.25) is 0 Å². The Labute approximate surface area is 167 Å². The fraction of sp³-hybridized carbons (Fsp3) is 0.400. The molecule has 0 aliphatic heterocycles. The molecule has 2 rings (SSSR count). The van der Waals surface area contributed by atoms with E-state index in [1.165, 1.54) is 0 Å². The van der Waals surface area contributed by atoms with Crippen molar-refractivity contribution in [2.24, 2.45) is 0 Å². The number of benzene rings is 2. The highest BCUT2D eigenvalue weighted by Gasteiger charge is 2.29. The van der Waals surface area contributed by atoms with E-state index < -0.39 is 15.2 Å². The van der Waals surface area contributed by atoms with Gasteiger partial charge in [-0.15, -0.1) is 0 Å². The Bertz CT molecular complexity index is 821. The van der Waals surface area contributed by atoms with Crippen molar-refractivity contribution in [3.63, 3.8) is 0 Å². The van der Waals surface area contributed by atoms with Crippen LogP contribution in [0.3, 0.4) is 0 Å². The summed E-state index contributed by atoms with van der Waals surface area (Å²) in [6.07, 6.45) is -0.0611. The molecule has 0 aliphatic carbocycles. The van der Waals surface area contributed by atoms with Gasteiger partial charge in [-0.05, 0) is 69.2 Å². The summed E-state index contributed by atoms with van der Waals surface area (Å²) in [4.78, 5) is 23.9. The van der Waals surface area contributed by atoms with Gasteiger partial charge in [-0.25, -0.2) is 4.79 Å². The van der Waals surface area contributed by atoms with Crippen molar-refractivity contribution in [2.75, 3.05) is 0 Å². The number of alkyl halides is 1. The van der Waals surface area contributed by atoms with Gasteiger partial charge in [0.25, 0.3) is 0 Å². The minimum absolute atomic E-state index is 0.273. The molecule has 26 heavy (non-hydrogen) atoms. The van der Waals surface area contributed by atoms with Crippen molar-refractivity contribution in [2.45, 2.75) is 50.1 Å². The lowest BCUT2D eigenvalue weighted by Crippen LogP contribution is -2.31. The average molecular weight is 470 g/mol. The van der Waals surface area contributed by atoms with E-state index in [2.05, 4.69) is 22.6 Å². The summed E-state index contributed by atoms with van der Waals surface area (Å²) in [5, 5.41) is 1.73. The Morgan fingerprint density at radius 2 is 1.42 bits per heavy atom. The Hall–Kier alpha value is -1.83. The summed E-state index contributed by atoms with van der Waals surface area (Å²) >= 11 is 2.10. The van der Waals surface area contributed by atoms with E-state index in [0.29, 0.717) is 17.9 Å². The van der Waals surface area contributed by atoms with E-state index in [1.54, 1.807) is 51.1 Å². The molecule has 0 aliphatic rings. The Kier molecular flexibility index (Phi) is 6.16. The van der Waals surface area contributed by atoms with Gasteiger partial charge in [-0.2, -0.15) is 0 Å². The maximum absolute atomic E-state index is 12.2. The predicted octanol–water partition coefficient (Wildman–Crippen LogP) is 5.66. The molecular weight excluding hydrogens is 447 g/mol. The summed E-state index contributed by atoms with van der Waals surface area (Å²) < 4.78 is 15.3. The van der Waals surface area contributed by atoms with Crippen LogP contribution in [0.25, 0.3) is 10.8 Å². The zero-order valence-electron chi connectivity index (χ0n) is 15.6. The van der Waals surface area contributed by atoms with E-state index >= 15 is 0 Å². The SMILES string of the molecule is CCC(C)(I)C(=O)Oc1ccc2cc(OC(=O)OC(C)(C)C)ccc2c1. The van der Waals surface area contributed by atoms with Crippen LogP contribution in [-0.2, 0) is 9.53 Å². The highest BCUT2D eigenvalue weighted by Crippen LogP contribution is 2.28. The number of halogens is 1. The molecule has 140 valence electrons. The molecule has 0 fully saturated rings. The zero-order chi connectivity index (χ0) is 19.5. The number of carbonyl (C=O) groups excluding carboxylic acids is 2. The summed E-state index contributed by atoms with van der Waals surface area (Å²) in [5.41, 5.74) is -0.613. The minimum Gasteiger partial charge on any atom is -0.428 e. The smallest absolute Gasteiger partial charge is 0.428 e. The molecular formula is C20H23IO5.